The maximum atomic E-state index is 14.3. The lowest BCUT2D eigenvalue weighted by Crippen LogP contribution is -2.25. The average Bonchev–Trinajstić information content (AvgIpc) is 3.47. The fraction of sp³-hybridized carbons (Fsp3) is 0.268. The number of aromatic nitrogens is 1. The lowest BCUT2D eigenvalue weighted by molar-refractivity contribution is -0.144. The van der Waals surface area contributed by atoms with Crippen LogP contribution >= 0.6 is 0 Å². The largest absolute Gasteiger partial charge is 0.469 e. The number of carbonyl (C=O) groups is 2. The second-order valence-electron chi connectivity index (χ2n) is 12.4. The Balaban J connectivity index is 1.54. The minimum absolute atomic E-state index is 0.00392. The Morgan fingerprint density at radius 2 is 1.45 bits per heavy atom. The van der Waals surface area contributed by atoms with Gasteiger partial charge >= 0.3 is 5.97 Å². The first kappa shape index (κ1) is 35.3. The highest BCUT2D eigenvalue weighted by Crippen LogP contribution is 2.42. The molecule has 0 radical (unpaired) electrons. The number of benzene rings is 4. The molecule has 254 valence electrons. The Bertz CT molecular complexity index is 1810. The van der Waals surface area contributed by atoms with Gasteiger partial charge in [-0.25, -0.2) is 4.39 Å². The highest BCUT2D eigenvalue weighted by Gasteiger charge is 2.31. The third-order valence-corrected chi connectivity index (χ3v) is 8.46. The standard InChI is InChI=1S/C41H43FN2O5/c1-28(2)39-38(41(47)43-33-17-11-6-12-18-33)37(30-15-9-5-10-16-30)40(31-19-21-32(42)22-20-31)44(39)24-23-34(45)25-35(26-36(46)48-3)49-27-29-13-7-4-8-14-29/h4-22,28,34-35,45H,23-27H2,1-3H3,(H,43,47)/t34-,35-/m1/s1. The maximum absolute atomic E-state index is 14.3. The molecule has 0 aliphatic heterocycles. The molecule has 2 atom stereocenters. The summed E-state index contributed by atoms with van der Waals surface area (Å²) in [5, 5.41) is 14.5. The molecular weight excluding hydrogens is 619 g/mol. The summed E-state index contributed by atoms with van der Waals surface area (Å²) in [6, 6.07) is 34.9. The molecule has 0 fully saturated rings. The second kappa shape index (κ2) is 16.9. The molecule has 0 aliphatic carbocycles. The number of para-hydroxylation sites is 1. The summed E-state index contributed by atoms with van der Waals surface area (Å²) in [5.74, 6) is -1.13. The Morgan fingerprint density at radius 3 is 2.06 bits per heavy atom. The Labute approximate surface area is 287 Å². The molecule has 5 aromatic rings. The van der Waals surface area contributed by atoms with E-state index in [4.69, 9.17) is 9.47 Å². The van der Waals surface area contributed by atoms with E-state index in [1.807, 2.05) is 105 Å². The van der Waals surface area contributed by atoms with Crippen LogP contribution in [-0.2, 0) is 27.4 Å². The van der Waals surface area contributed by atoms with Gasteiger partial charge in [0.2, 0.25) is 0 Å². The van der Waals surface area contributed by atoms with Crippen molar-refractivity contribution in [2.24, 2.45) is 0 Å². The van der Waals surface area contributed by atoms with Gasteiger partial charge in [0.05, 0.1) is 43.6 Å². The van der Waals surface area contributed by atoms with Gasteiger partial charge in [0, 0.05) is 29.9 Å². The summed E-state index contributed by atoms with van der Waals surface area (Å²) < 4.78 is 27.3. The average molecular weight is 663 g/mol. The summed E-state index contributed by atoms with van der Waals surface area (Å²) in [4.78, 5) is 26.6. The smallest absolute Gasteiger partial charge is 0.308 e. The lowest BCUT2D eigenvalue weighted by Gasteiger charge is -2.22. The number of ether oxygens (including phenoxy) is 2. The van der Waals surface area contributed by atoms with Crippen molar-refractivity contribution >= 4 is 17.6 Å². The zero-order valence-corrected chi connectivity index (χ0v) is 28.1. The molecule has 0 bridgehead atoms. The van der Waals surface area contributed by atoms with Crippen LogP contribution in [0.1, 0.15) is 60.6 Å². The molecule has 0 saturated carbocycles. The van der Waals surface area contributed by atoms with Crippen LogP contribution in [0.25, 0.3) is 22.4 Å². The minimum Gasteiger partial charge on any atom is -0.469 e. The van der Waals surface area contributed by atoms with E-state index in [9.17, 15) is 19.1 Å². The summed E-state index contributed by atoms with van der Waals surface area (Å²) in [6.45, 7) is 4.71. The Hall–Kier alpha value is -5.05. The van der Waals surface area contributed by atoms with E-state index in [-0.39, 0.29) is 30.5 Å². The van der Waals surface area contributed by atoms with Crippen LogP contribution < -0.4 is 5.32 Å². The number of amides is 1. The molecule has 0 saturated heterocycles. The van der Waals surface area contributed by atoms with Gasteiger partial charge in [0.15, 0.2) is 0 Å². The number of anilines is 1. The SMILES string of the molecule is COC(=O)C[C@@H](C[C@H](O)CCn1c(-c2ccc(F)cc2)c(-c2ccccc2)c(C(=O)Nc2ccccc2)c1C(C)C)OCc1ccccc1. The first-order valence-electron chi connectivity index (χ1n) is 16.6. The van der Waals surface area contributed by atoms with Crippen molar-refractivity contribution in [2.75, 3.05) is 12.4 Å². The zero-order valence-electron chi connectivity index (χ0n) is 28.1. The molecule has 1 aromatic heterocycles. The van der Waals surface area contributed by atoms with Gasteiger partial charge < -0.3 is 24.5 Å². The van der Waals surface area contributed by atoms with Crippen molar-refractivity contribution in [2.45, 2.75) is 64.4 Å². The molecular formula is C41H43FN2O5. The van der Waals surface area contributed by atoms with Gasteiger partial charge in [0.25, 0.3) is 5.91 Å². The number of aliphatic hydroxyl groups is 1. The predicted octanol–water partition coefficient (Wildman–Crippen LogP) is 8.63. The van der Waals surface area contributed by atoms with E-state index in [2.05, 4.69) is 9.88 Å². The van der Waals surface area contributed by atoms with Crippen LogP contribution in [0.15, 0.2) is 115 Å². The molecule has 5 rings (SSSR count). The van der Waals surface area contributed by atoms with Crippen LogP contribution in [0.4, 0.5) is 10.1 Å². The van der Waals surface area contributed by atoms with Gasteiger partial charge in [-0.2, -0.15) is 0 Å². The van der Waals surface area contributed by atoms with Gasteiger partial charge in [-0.15, -0.1) is 0 Å². The fourth-order valence-corrected chi connectivity index (χ4v) is 6.18. The van der Waals surface area contributed by atoms with Crippen molar-refractivity contribution in [3.8, 4) is 22.4 Å². The highest BCUT2D eigenvalue weighted by molar-refractivity contribution is 6.12. The van der Waals surface area contributed by atoms with E-state index >= 15 is 0 Å². The number of aliphatic hydroxyl groups excluding tert-OH is 1. The van der Waals surface area contributed by atoms with Crippen molar-refractivity contribution < 1.29 is 28.6 Å². The van der Waals surface area contributed by atoms with E-state index in [0.717, 1.165) is 33.6 Å². The number of esters is 1. The van der Waals surface area contributed by atoms with E-state index in [0.29, 0.717) is 30.8 Å². The second-order valence-corrected chi connectivity index (χ2v) is 12.4. The summed E-state index contributed by atoms with van der Waals surface area (Å²) >= 11 is 0. The van der Waals surface area contributed by atoms with Crippen LogP contribution in [0.2, 0.25) is 0 Å². The van der Waals surface area contributed by atoms with Crippen molar-refractivity contribution in [3.63, 3.8) is 0 Å². The molecule has 49 heavy (non-hydrogen) atoms. The first-order chi connectivity index (χ1) is 23.7. The number of hydrogen-bond donors (Lipinski definition) is 2. The summed E-state index contributed by atoms with van der Waals surface area (Å²) in [6.07, 6.45) is -0.887. The van der Waals surface area contributed by atoms with Crippen LogP contribution in [-0.4, -0.2) is 40.9 Å². The highest BCUT2D eigenvalue weighted by atomic mass is 19.1. The summed E-state index contributed by atoms with van der Waals surface area (Å²) in [7, 11) is 1.33. The number of carbonyl (C=O) groups excluding carboxylic acids is 2. The number of methoxy groups -OCH3 is 1. The monoisotopic (exact) mass is 662 g/mol. The molecule has 2 N–H and O–H groups in total. The maximum Gasteiger partial charge on any atom is 0.308 e. The van der Waals surface area contributed by atoms with Gasteiger partial charge in [-0.3, -0.25) is 9.59 Å². The molecule has 0 spiro atoms. The van der Waals surface area contributed by atoms with Crippen LogP contribution in [0, 0.1) is 5.82 Å². The van der Waals surface area contributed by atoms with Crippen LogP contribution in [0.3, 0.4) is 0 Å². The molecule has 8 heteroatoms. The third-order valence-electron chi connectivity index (χ3n) is 8.46. The molecule has 7 nitrogen and oxygen atoms in total. The fourth-order valence-electron chi connectivity index (χ4n) is 6.18. The molecule has 1 amide bonds. The van der Waals surface area contributed by atoms with E-state index < -0.39 is 18.2 Å². The van der Waals surface area contributed by atoms with Crippen molar-refractivity contribution in [1.82, 2.24) is 4.57 Å². The quantitative estimate of drug-likeness (QED) is 0.110. The van der Waals surface area contributed by atoms with Crippen LogP contribution in [0.5, 0.6) is 0 Å². The van der Waals surface area contributed by atoms with Crippen molar-refractivity contribution in [3.05, 3.63) is 138 Å². The third kappa shape index (κ3) is 9.10. The van der Waals surface area contributed by atoms with Gasteiger partial charge in [0.1, 0.15) is 5.82 Å². The Morgan fingerprint density at radius 1 is 0.837 bits per heavy atom. The number of hydrogen-bond acceptors (Lipinski definition) is 5. The molecule has 1 heterocycles. The lowest BCUT2D eigenvalue weighted by atomic mass is 9.94. The first-order valence-corrected chi connectivity index (χ1v) is 16.6. The predicted molar refractivity (Wildman–Crippen MR) is 191 cm³/mol. The van der Waals surface area contributed by atoms with E-state index in [1.54, 1.807) is 12.1 Å². The molecule has 0 unspecified atom stereocenters. The number of halogens is 1. The topological polar surface area (TPSA) is 89.8 Å². The molecule has 4 aromatic carbocycles. The normalized spacial score (nSPS) is 12.4. The van der Waals surface area contributed by atoms with E-state index in [1.165, 1.54) is 19.2 Å². The number of rotatable bonds is 15. The van der Waals surface area contributed by atoms with Gasteiger partial charge in [-0.1, -0.05) is 92.7 Å². The minimum atomic E-state index is -0.837. The van der Waals surface area contributed by atoms with Crippen molar-refractivity contribution in [1.29, 1.82) is 0 Å². The van der Waals surface area contributed by atoms with Gasteiger partial charge in [-0.05, 0) is 65.4 Å². The zero-order chi connectivity index (χ0) is 34.8. The number of nitrogens with one attached hydrogen (secondary N) is 1. The Kier molecular flexibility index (Phi) is 12.1. The number of nitrogens with zero attached hydrogens (tertiary/aromatic N) is 1. The molecule has 0 aliphatic rings. The summed E-state index contributed by atoms with van der Waals surface area (Å²) in [5.41, 5.74) is 6.01.